The molecule has 0 bridgehead atoms. The van der Waals surface area contributed by atoms with Crippen molar-refractivity contribution in [3.63, 3.8) is 0 Å². The van der Waals surface area contributed by atoms with E-state index >= 15 is 0 Å². The molecule has 430 valence electrons. The van der Waals surface area contributed by atoms with Crippen LogP contribution in [0.5, 0.6) is 0 Å². The molecule has 0 spiro atoms. The molecule has 1 atom stereocenters. The van der Waals surface area contributed by atoms with E-state index < -0.39 is 6.10 Å². The van der Waals surface area contributed by atoms with Gasteiger partial charge in [-0.2, -0.15) is 0 Å². The second-order valence-electron chi connectivity index (χ2n) is 21.7. The van der Waals surface area contributed by atoms with E-state index in [1.807, 2.05) is 0 Å². The molecule has 6 heteroatoms. The van der Waals surface area contributed by atoms with E-state index in [1.165, 1.54) is 212 Å². The standard InChI is InChI=1S/C68H122O6/c1-4-7-10-13-16-19-22-25-27-29-30-31-32-33-34-35-36-37-39-40-43-46-49-52-55-58-61-67(70)73-64-65(63-72-66(69)60-57-54-51-48-45-42-24-21-18-15-12-9-6-3)74-68(71)62-59-56-53-50-47-44-41-38-28-26-23-20-17-14-11-8-5-2/h8,11,17,20,26,28,41,44,50,53,65H,4-7,9-10,12-16,18-19,21-25,27,29-40,42-43,45-49,51-52,54-64H2,1-3H3/b11-8-,20-17-,28-26-,44-41-,53-50-. The van der Waals surface area contributed by atoms with Gasteiger partial charge in [0.2, 0.25) is 0 Å². The minimum absolute atomic E-state index is 0.0924. The first-order valence-corrected chi connectivity index (χ1v) is 32.3. The van der Waals surface area contributed by atoms with Crippen molar-refractivity contribution in [2.75, 3.05) is 13.2 Å². The van der Waals surface area contributed by atoms with Crippen LogP contribution in [-0.2, 0) is 28.6 Å². The third kappa shape index (κ3) is 60.0. The first-order chi connectivity index (χ1) is 36.5. The lowest BCUT2D eigenvalue weighted by Gasteiger charge is -2.18. The minimum atomic E-state index is -0.801. The van der Waals surface area contributed by atoms with Crippen molar-refractivity contribution in [2.45, 2.75) is 341 Å². The monoisotopic (exact) mass is 1030 g/mol. The minimum Gasteiger partial charge on any atom is -0.462 e. The van der Waals surface area contributed by atoms with E-state index in [1.54, 1.807) is 0 Å². The highest BCUT2D eigenvalue weighted by Crippen LogP contribution is 2.18. The maximum absolute atomic E-state index is 12.9. The molecule has 0 heterocycles. The summed E-state index contributed by atoms with van der Waals surface area (Å²) in [7, 11) is 0. The Labute approximate surface area is 460 Å². The van der Waals surface area contributed by atoms with Crippen LogP contribution in [0.1, 0.15) is 335 Å². The van der Waals surface area contributed by atoms with Gasteiger partial charge in [0.15, 0.2) is 6.10 Å². The fourth-order valence-corrected chi connectivity index (χ4v) is 9.48. The van der Waals surface area contributed by atoms with Gasteiger partial charge in [-0.1, -0.05) is 319 Å². The van der Waals surface area contributed by atoms with Crippen LogP contribution in [0, 0.1) is 0 Å². The van der Waals surface area contributed by atoms with Gasteiger partial charge in [0.1, 0.15) is 13.2 Å². The fourth-order valence-electron chi connectivity index (χ4n) is 9.48. The molecule has 0 N–H and O–H groups in total. The van der Waals surface area contributed by atoms with Crippen molar-refractivity contribution in [1.82, 2.24) is 0 Å². The molecule has 0 aliphatic rings. The largest absolute Gasteiger partial charge is 0.462 e. The molecule has 1 unspecified atom stereocenters. The van der Waals surface area contributed by atoms with Crippen molar-refractivity contribution in [3.05, 3.63) is 60.8 Å². The number of carbonyl (C=O) groups excluding carboxylic acids is 3. The molecular weight excluding hydrogens is 913 g/mol. The topological polar surface area (TPSA) is 78.9 Å². The highest BCUT2D eigenvalue weighted by Gasteiger charge is 2.19. The summed E-state index contributed by atoms with van der Waals surface area (Å²) in [6, 6.07) is 0. The molecule has 0 aliphatic heterocycles. The molecule has 0 rings (SSSR count). The highest BCUT2D eigenvalue weighted by molar-refractivity contribution is 5.71. The quantitative estimate of drug-likeness (QED) is 0.0261. The summed E-state index contributed by atoms with van der Waals surface area (Å²) < 4.78 is 16.9. The Morgan fingerprint density at radius 1 is 0.284 bits per heavy atom. The zero-order valence-electron chi connectivity index (χ0n) is 49.4. The van der Waals surface area contributed by atoms with Gasteiger partial charge in [0.05, 0.1) is 0 Å². The van der Waals surface area contributed by atoms with E-state index in [9.17, 15) is 14.4 Å². The molecule has 6 nitrogen and oxygen atoms in total. The molecule has 0 aromatic carbocycles. The zero-order chi connectivity index (χ0) is 53.6. The van der Waals surface area contributed by atoms with Crippen LogP contribution in [0.2, 0.25) is 0 Å². The molecule has 0 saturated heterocycles. The smallest absolute Gasteiger partial charge is 0.306 e. The van der Waals surface area contributed by atoms with Gasteiger partial charge < -0.3 is 14.2 Å². The van der Waals surface area contributed by atoms with Gasteiger partial charge in [-0.3, -0.25) is 14.4 Å². The first kappa shape index (κ1) is 71.1. The second-order valence-corrected chi connectivity index (χ2v) is 21.7. The summed E-state index contributed by atoms with van der Waals surface area (Å²) in [4.78, 5) is 38.2. The fraction of sp³-hybridized carbons (Fsp3) is 0.809. The van der Waals surface area contributed by atoms with Crippen molar-refractivity contribution in [3.8, 4) is 0 Å². The maximum Gasteiger partial charge on any atom is 0.306 e. The molecule has 0 amide bonds. The van der Waals surface area contributed by atoms with Gasteiger partial charge in [0, 0.05) is 19.3 Å². The van der Waals surface area contributed by atoms with Crippen LogP contribution in [0.3, 0.4) is 0 Å². The number of allylic oxidation sites excluding steroid dienone is 10. The Morgan fingerprint density at radius 2 is 0.527 bits per heavy atom. The maximum atomic E-state index is 12.9. The van der Waals surface area contributed by atoms with Gasteiger partial charge in [0.25, 0.3) is 0 Å². The van der Waals surface area contributed by atoms with Gasteiger partial charge in [-0.05, 0) is 57.8 Å². The van der Waals surface area contributed by atoms with Crippen LogP contribution in [0.15, 0.2) is 60.8 Å². The second kappa shape index (κ2) is 62.6. The number of unbranched alkanes of at least 4 members (excludes halogenated alkanes) is 38. The van der Waals surface area contributed by atoms with E-state index in [-0.39, 0.29) is 37.5 Å². The summed E-state index contributed by atoms with van der Waals surface area (Å²) in [6.45, 7) is 6.53. The Balaban J connectivity index is 4.28. The number of hydrogen-bond donors (Lipinski definition) is 0. The Bertz CT molecular complexity index is 1330. The van der Waals surface area contributed by atoms with Crippen molar-refractivity contribution < 1.29 is 28.6 Å². The number of rotatable bonds is 59. The average molecular weight is 1040 g/mol. The van der Waals surface area contributed by atoms with Crippen molar-refractivity contribution in [1.29, 1.82) is 0 Å². The average Bonchev–Trinajstić information content (AvgIpc) is 3.40. The Hall–Kier alpha value is -2.89. The van der Waals surface area contributed by atoms with E-state index in [2.05, 4.69) is 81.5 Å². The molecular formula is C68H122O6. The van der Waals surface area contributed by atoms with Crippen LogP contribution >= 0.6 is 0 Å². The third-order valence-electron chi connectivity index (χ3n) is 14.3. The first-order valence-electron chi connectivity index (χ1n) is 32.3. The predicted molar refractivity (Wildman–Crippen MR) is 321 cm³/mol. The lowest BCUT2D eigenvalue weighted by Crippen LogP contribution is -2.30. The molecule has 0 saturated carbocycles. The normalized spacial score (nSPS) is 12.4. The Kier molecular flexibility index (Phi) is 60.2. The molecule has 74 heavy (non-hydrogen) atoms. The summed E-state index contributed by atoms with van der Waals surface area (Å²) in [5.74, 6) is -0.933. The lowest BCUT2D eigenvalue weighted by molar-refractivity contribution is -0.167. The summed E-state index contributed by atoms with van der Waals surface area (Å²) in [6.07, 6.45) is 79.6. The Morgan fingerprint density at radius 3 is 0.811 bits per heavy atom. The van der Waals surface area contributed by atoms with E-state index in [0.717, 1.165) is 77.0 Å². The molecule has 0 aliphatic carbocycles. The van der Waals surface area contributed by atoms with Crippen LogP contribution in [-0.4, -0.2) is 37.2 Å². The van der Waals surface area contributed by atoms with Crippen LogP contribution in [0.25, 0.3) is 0 Å². The molecule has 0 fully saturated rings. The molecule has 0 aromatic rings. The van der Waals surface area contributed by atoms with Crippen molar-refractivity contribution in [2.24, 2.45) is 0 Å². The highest BCUT2D eigenvalue weighted by atomic mass is 16.6. The van der Waals surface area contributed by atoms with Gasteiger partial charge in [-0.25, -0.2) is 0 Å². The van der Waals surface area contributed by atoms with Crippen LogP contribution in [0.4, 0.5) is 0 Å². The van der Waals surface area contributed by atoms with E-state index in [0.29, 0.717) is 19.3 Å². The third-order valence-corrected chi connectivity index (χ3v) is 14.3. The zero-order valence-corrected chi connectivity index (χ0v) is 49.4. The van der Waals surface area contributed by atoms with Gasteiger partial charge >= 0.3 is 17.9 Å². The van der Waals surface area contributed by atoms with Crippen molar-refractivity contribution >= 4 is 17.9 Å². The number of esters is 3. The predicted octanol–water partition coefficient (Wildman–Crippen LogP) is 21.9. The SMILES string of the molecule is CC/C=C\C/C=C\C/C=C\C/C=C\C/C=C\CCCC(=O)OC(COC(=O)CCCCCCCCCCCCCCC)COC(=O)CCCCCCCCCCCCCCCCCCCCCCCCCCCC. The van der Waals surface area contributed by atoms with E-state index in [4.69, 9.17) is 14.2 Å². The van der Waals surface area contributed by atoms with Gasteiger partial charge in [-0.15, -0.1) is 0 Å². The van der Waals surface area contributed by atoms with Crippen LogP contribution < -0.4 is 0 Å². The summed E-state index contributed by atoms with van der Waals surface area (Å²) >= 11 is 0. The number of hydrogen-bond acceptors (Lipinski definition) is 6. The summed E-state index contributed by atoms with van der Waals surface area (Å²) in [5.41, 5.74) is 0. The summed E-state index contributed by atoms with van der Waals surface area (Å²) in [5, 5.41) is 0. The lowest BCUT2D eigenvalue weighted by atomic mass is 10.0. The molecule has 0 aromatic heterocycles. The number of ether oxygens (including phenoxy) is 3. The molecule has 0 radical (unpaired) electrons. The number of carbonyl (C=O) groups is 3.